The number of ether oxygens (including phenoxy) is 1. The van der Waals surface area contributed by atoms with Gasteiger partial charge in [0.25, 0.3) is 5.91 Å². The predicted octanol–water partition coefficient (Wildman–Crippen LogP) is 4.98. The minimum Gasteiger partial charge on any atom is -0.487 e. The number of aromatic nitrogens is 2. The van der Waals surface area contributed by atoms with Crippen LogP contribution in [-0.4, -0.2) is 14.7 Å². The van der Waals surface area contributed by atoms with E-state index in [-0.39, 0.29) is 5.91 Å². The molecule has 8 heteroatoms. The highest BCUT2D eigenvalue weighted by molar-refractivity contribution is 6.99. The Hall–Kier alpha value is -2.15. The molecule has 1 amide bonds. The second kappa shape index (κ2) is 7.82. The first-order valence-electron chi connectivity index (χ1n) is 7.30. The Morgan fingerprint density at radius 2 is 1.88 bits per heavy atom. The Kier molecular flexibility index (Phi) is 5.53. The molecule has 0 atom stereocenters. The molecule has 0 saturated heterocycles. The minimum absolute atomic E-state index is 0.246. The molecule has 3 rings (SSSR count). The number of rotatable bonds is 5. The quantitative estimate of drug-likeness (QED) is 0.663. The summed E-state index contributed by atoms with van der Waals surface area (Å²) in [6, 6.07) is 11.8. The minimum atomic E-state index is -0.246. The van der Waals surface area contributed by atoms with Crippen LogP contribution in [0.3, 0.4) is 0 Å². The number of hydrogen-bond acceptors (Lipinski definition) is 5. The molecule has 0 bridgehead atoms. The third-order valence-electron chi connectivity index (χ3n) is 3.42. The van der Waals surface area contributed by atoms with Gasteiger partial charge < -0.3 is 10.1 Å². The zero-order chi connectivity index (χ0) is 17.8. The lowest BCUT2D eigenvalue weighted by atomic mass is 10.2. The summed E-state index contributed by atoms with van der Waals surface area (Å²) in [5.74, 6) is 0.406. The van der Waals surface area contributed by atoms with Gasteiger partial charge in [0.1, 0.15) is 18.1 Å². The van der Waals surface area contributed by atoms with Crippen LogP contribution in [0.2, 0.25) is 10.0 Å². The third kappa shape index (κ3) is 4.48. The summed E-state index contributed by atoms with van der Waals surface area (Å²) in [7, 11) is 0. The molecule has 0 aliphatic heterocycles. The van der Waals surface area contributed by atoms with Gasteiger partial charge in [-0.15, -0.1) is 0 Å². The molecule has 0 spiro atoms. The van der Waals surface area contributed by atoms with Crippen molar-refractivity contribution in [1.29, 1.82) is 0 Å². The van der Waals surface area contributed by atoms with Gasteiger partial charge in [0.05, 0.1) is 27.5 Å². The van der Waals surface area contributed by atoms with Crippen LogP contribution >= 0.6 is 34.9 Å². The molecular weight excluding hydrogens is 381 g/mol. The number of hydrogen-bond donors (Lipinski definition) is 1. The van der Waals surface area contributed by atoms with Gasteiger partial charge in [0, 0.05) is 11.3 Å². The Bertz CT molecular complexity index is 897. The van der Waals surface area contributed by atoms with Crippen molar-refractivity contribution >= 4 is 46.5 Å². The molecule has 2 aromatic carbocycles. The Morgan fingerprint density at radius 3 is 2.52 bits per heavy atom. The fourth-order valence-corrected chi connectivity index (χ4v) is 2.86. The highest BCUT2D eigenvalue weighted by Crippen LogP contribution is 2.25. The number of nitrogens with zero attached hydrogens (tertiary/aromatic N) is 2. The van der Waals surface area contributed by atoms with Gasteiger partial charge in [-0.3, -0.25) is 4.79 Å². The van der Waals surface area contributed by atoms with Crippen LogP contribution in [-0.2, 0) is 6.61 Å². The Morgan fingerprint density at radius 1 is 1.12 bits per heavy atom. The van der Waals surface area contributed by atoms with E-state index in [0.717, 1.165) is 23.1 Å². The number of carbonyl (C=O) groups is 1. The molecule has 3 aromatic rings. The van der Waals surface area contributed by atoms with Gasteiger partial charge >= 0.3 is 0 Å². The van der Waals surface area contributed by atoms with Crippen LogP contribution in [0.4, 0.5) is 5.69 Å². The second-order valence-corrected chi connectivity index (χ2v) is 6.54. The summed E-state index contributed by atoms with van der Waals surface area (Å²) in [4.78, 5) is 12.3. The number of halogens is 2. The summed E-state index contributed by atoms with van der Waals surface area (Å²) in [5.41, 5.74) is 2.75. The van der Waals surface area contributed by atoms with Crippen molar-refractivity contribution in [1.82, 2.24) is 8.75 Å². The lowest BCUT2D eigenvalue weighted by Gasteiger charge is -2.08. The van der Waals surface area contributed by atoms with Gasteiger partial charge in [-0.05, 0) is 49.4 Å². The molecule has 5 nitrogen and oxygen atoms in total. The van der Waals surface area contributed by atoms with Gasteiger partial charge in [-0.2, -0.15) is 8.75 Å². The van der Waals surface area contributed by atoms with E-state index in [1.165, 1.54) is 0 Å². The second-order valence-electron chi connectivity index (χ2n) is 5.19. The molecule has 0 unspecified atom stereocenters. The summed E-state index contributed by atoms with van der Waals surface area (Å²) in [6.07, 6.45) is 0. The third-order valence-corrected chi connectivity index (χ3v) is 4.81. The number of aryl methyl sites for hydroxylation is 1. The SMILES string of the molecule is Cc1nsnc1COc1ccc(C(=O)Nc2ccc(Cl)c(Cl)c2)cc1. The topological polar surface area (TPSA) is 64.1 Å². The average molecular weight is 394 g/mol. The fraction of sp³-hybridized carbons (Fsp3) is 0.118. The van der Waals surface area contributed by atoms with Crippen LogP contribution in [0.25, 0.3) is 0 Å². The number of benzene rings is 2. The molecule has 1 aromatic heterocycles. The molecule has 25 heavy (non-hydrogen) atoms. The van der Waals surface area contributed by atoms with Crippen molar-refractivity contribution in [2.24, 2.45) is 0 Å². The highest BCUT2D eigenvalue weighted by atomic mass is 35.5. The van der Waals surface area contributed by atoms with Crippen molar-refractivity contribution in [3.63, 3.8) is 0 Å². The number of carbonyl (C=O) groups excluding carboxylic acids is 1. The molecule has 0 radical (unpaired) electrons. The van der Waals surface area contributed by atoms with Crippen molar-refractivity contribution < 1.29 is 9.53 Å². The number of anilines is 1. The zero-order valence-electron chi connectivity index (χ0n) is 13.1. The number of nitrogens with one attached hydrogen (secondary N) is 1. The summed E-state index contributed by atoms with van der Waals surface area (Å²) >= 11 is 13.0. The smallest absolute Gasteiger partial charge is 0.255 e. The van der Waals surface area contributed by atoms with Crippen LogP contribution in [0.1, 0.15) is 21.7 Å². The molecule has 0 aliphatic rings. The maximum atomic E-state index is 12.3. The van der Waals surface area contributed by atoms with Crippen LogP contribution in [0.15, 0.2) is 42.5 Å². The predicted molar refractivity (Wildman–Crippen MR) is 99.8 cm³/mol. The van der Waals surface area contributed by atoms with Crippen LogP contribution in [0, 0.1) is 6.92 Å². The van der Waals surface area contributed by atoms with E-state index in [2.05, 4.69) is 14.1 Å². The van der Waals surface area contributed by atoms with Crippen molar-refractivity contribution in [2.75, 3.05) is 5.32 Å². The van der Waals surface area contributed by atoms with Gasteiger partial charge in [0.15, 0.2) is 0 Å². The van der Waals surface area contributed by atoms with E-state index < -0.39 is 0 Å². The maximum Gasteiger partial charge on any atom is 0.255 e. The van der Waals surface area contributed by atoms with E-state index in [1.54, 1.807) is 42.5 Å². The first-order chi connectivity index (χ1) is 12.0. The molecule has 1 heterocycles. The van der Waals surface area contributed by atoms with Crippen molar-refractivity contribution in [3.8, 4) is 5.75 Å². The Labute approximate surface area is 158 Å². The Balaban J connectivity index is 1.62. The molecule has 0 saturated carbocycles. The van der Waals surface area contributed by atoms with Gasteiger partial charge in [-0.1, -0.05) is 23.2 Å². The molecular formula is C17H13Cl2N3O2S. The largest absolute Gasteiger partial charge is 0.487 e. The van der Waals surface area contributed by atoms with E-state index >= 15 is 0 Å². The first-order valence-corrected chi connectivity index (χ1v) is 8.79. The van der Waals surface area contributed by atoms with Crippen LogP contribution < -0.4 is 10.1 Å². The molecule has 0 fully saturated rings. The number of amides is 1. The zero-order valence-corrected chi connectivity index (χ0v) is 15.5. The van der Waals surface area contributed by atoms with E-state index in [1.807, 2.05) is 6.92 Å². The van der Waals surface area contributed by atoms with Crippen LogP contribution in [0.5, 0.6) is 5.75 Å². The van der Waals surface area contributed by atoms with Gasteiger partial charge in [0.2, 0.25) is 0 Å². The standard InChI is InChI=1S/C17H13Cl2N3O2S/c1-10-16(22-25-21-10)9-24-13-5-2-11(3-6-13)17(23)20-12-4-7-14(18)15(19)8-12/h2-8H,9H2,1H3,(H,20,23). The average Bonchev–Trinajstić information content (AvgIpc) is 3.02. The van der Waals surface area contributed by atoms with Gasteiger partial charge in [-0.25, -0.2) is 0 Å². The summed E-state index contributed by atoms with van der Waals surface area (Å²) < 4.78 is 13.9. The molecule has 0 aliphatic carbocycles. The van der Waals surface area contributed by atoms with Crippen molar-refractivity contribution in [2.45, 2.75) is 13.5 Å². The lowest BCUT2D eigenvalue weighted by molar-refractivity contribution is 0.102. The normalized spacial score (nSPS) is 10.5. The van der Waals surface area contributed by atoms with E-state index in [9.17, 15) is 4.79 Å². The van der Waals surface area contributed by atoms with E-state index in [4.69, 9.17) is 27.9 Å². The van der Waals surface area contributed by atoms with Crippen molar-refractivity contribution in [3.05, 3.63) is 69.5 Å². The highest BCUT2D eigenvalue weighted by Gasteiger charge is 2.09. The monoisotopic (exact) mass is 393 g/mol. The first kappa shape index (κ1) is 17.7. The molecule has 1 N–H and O–H groups in total. The fourth-order valence-electron chi connectivity index (χ4n) is 2.01. The summed E-state index contributed by atoms with van der Waals surface area (Å²) in [6.45, 7) is 2.23. The summed E-state index contributed by atoms with van der Waals surface area (Å²) in [5, 5.41) is 3.59. The lowest BCUT2D eigenvalue weighted by Crippen LogP contribution is -2.11. The molecule has 128 valence electrons. The van der Waals surface area contributed by atoms with E-state index in [0.29, 0.717) is 33.7 Å². The maximum absolute atomic E-state index is 12.3.